The minimum atomic E-state index is -0.713. The number of aliphatic hydroxyl groups is 2. The Kier molecular flexibility index (Phi) is 3.53. The molecule has 88 valence electrons. The van der Waals surface area contributed by atoms with Gasteiger partial charge in [0, 0.05) is 19.6 Å². The first-order valence-corrected chi connectivity index (χ1v) is 5.47. The Labute approximate surface area is 94.1 Å². The summed E-state index contributed by atoms with van der Waals surface area (Å²) in [5, 5.41) is 18.1. The molecule has 0 aromatic heterocycles. The molecule has 0 radical (unpaired) electrons. The number of nitrogens with zero attached hydrogens (tertiary/aromatic N) is 1. The second-order valence-electron chi connectivity index (χ2n) is 4.23. The van der Waals surface area contributed by atoms with Crippen LogP contribution in [0.15, 0.2) is 18.2 Å². The molecule has 1 aromatic rings. The summed E-state index contributed by atoms with van der Waals surface area (Å²) in [4.78, 5) is 2.03. The molecule has 0 saturated heterocycles. The van der Waals surface area contributed by atoms with Crippen LogP contribution in [0.5, 0.6) is 0 Å². The maximum atomic E-state index is 13.0. The quantitative estimate of drug-likeness (QED) is 0.789. The van der Waals surface area contributed by atoms with Crippen LogP contribution in [0.4, 0.5) is 4.39 Å². The predicted octanol–water partition coefficient (Wildman–Crippen LogP) is 0.537. The van der Waals surface area contributed by atoms with Crippen molar-refractivity contribution in [2.45, 2.75) is 19.1 Å². The fourth-order valence-electron chi connectivity index (χ4n) is 2.10. The molecule has 0 aliphatic carbocycles. The van der Waals surface area contributed by atoms with E-state index in [0.29, 0.717) is 13.1 Å². The average molecular weight is 225 g/mol. The lowest BCUT2D eigenvalue weighted by molar-refractivity contribution is 0.0551. The van der Waals surface area contributed by atoms with Gasteiger partial charge in [-0.15, -0.1) is 0 Å². The second kappa shape index (κ2) is 4.91. The third-order valence-electron chi connectivity index (χ3n) is 2.94. The topological polar surface area (TPSA) is 43.7 Å². The van der Waals surface area contributed by atoms with Gasteiger partial charge in [0.15, 0.2) is 0 Å². The molecule has 0 amide bonds. The van der Waals surface area contributed by atoms with E-state index in [4.69, 9.17) is 5.11 Å². The second-order valence-corrected chi connectivity index (χ2v) is 4.23. The zero-order chi connectivity index (χ0) is 11.5. The van der Waals surface area contributed by atoms with E-state index in [9.17, 15) is 9.50 Å². The molecule has 1 unspecified atom stereocenters. The van der Waals surface area contributed by atoms with Crippen molar-refractivity contribution < 1.29 is 14.6 Å². The highest BCUT2D eigenvalue weighted by Gasteiger charge is 2.18. The molecule has 0 bridgehead atoms. The third-order valence-corrected chi connectivity index (χ3v) is 2.94. The Balaban J connectivity index is 2.05. The third kappa shape index (κ3) is 2.58. The van der Waals surface area contributed by atoms with Crippen LogP contribution in [0.1, 0.15) is 11.1 Å². The van der Waals surface area contributed by atoms with Gasteiger partial charge in [-0.05, 0) is 29.7 Å². The summed E-state index contributed by atoms with van der Waals surface area (Å²) in [6.45, 7) is 1.69. The van der Waals surface area contributed by atoms with Crippen LogP contribution in [0.25, 0.3) is 0 Å². The van der Waals surface area contributed by atoms with Crippen LogP contribution in [0.2, 0.25) is 0 Å². The smallest absolute Gasteiger partial charge is 0.123 e. The van der Waals surface area contributed by atoms with Crippen LogP contribution in [-0.2, 0) is 13.0 Å². The fourth-order valence-corrected chi connectivity index (χ4v) is 2.10. The van der Waals surface area contributed by atoms with E-state index < -0.39 is 6.10 Å². The molecule has 0 fully saturated rings. The Morgan fingerprint density at radius 1 is 1.38 bits per heavy atom. The first kappa shape index (κ1) is 11.5. The van der Waals surface area contributed by atoms with Crippen molar-refractivity contribution in [1.29, 1.82) is 0 Å². The number of rotatable bonds is 3. The molecule has 16 heavy (non-hydrogen) atoms. The van der Waals surface area contributed by atoms with Crippen molar-refractivity contribution in [3.63, 3.8) is 0 Å². The van der Waals surface area contributed by atoms with Crippen molar-refractivity contribution in [1.82, 2.24) is 4.90 Å². The van der Waals surface area contributed by atoms with E-state index in [2.05, 4.69) is 0 Å². The van der Waals surface area contributed by atoms with Crippen LogP contribution >= 0.6 is 0 Å². The SMILES string of the molecule is OCC(O)CN1CCc2ccc(F)cc2C1. The monoisotopic (exact) mass is 225 g/mol. The van der Waals surface area contributed by atoms with Gasteiger partial charge >= 0.3 is 0 Å². The van der Waals surface area contributed by atoms with Gasteiger partial charge in [0.05, 0.1) is 12.7 Å². The Morgan fingerprint density at radius 3 is 2.94 bits per heavy atom. The summed E-state index contributed by atoms with van der Waals surface area (Å²) in [5.41, 5.74) is 2.16. The van der Waals surface area contributed by atoms with Crippen LogP contribution in [0, 0.1) is 5.82 Å². The molecular formula is C12H16FNO2. The highest BCUT2D eigenvalue weighted by atomic mass is 19.1. The molecule has 2 N–H and O–H groups in total. The maximum absolute atomic E-state index is 13.0. The molecule has 1 aromatic carbocycles. The molecule has 4 heteroatoms. The highest BCUT2D eigenvalue weighted by molar-refractivity contribution is 5.29. The largest absolute Gasteiger partial charge is 0.394 e. The van der Waals surface area contributed by atoms with Gasteiger partial charge in [-0.25, -0.2) is 4.39 Å². The molecule has 0 spiro atoms. The van der Waals surface area contributed by atoms with Gasteiger partial charge in [0.2, 0.25) is 0 Å². The van der Waals surface area contributed by atoms with Gasteiger partial charge in [0.25, 0.3) is 0 Å². The van der Waals surface area contributed by atoms with E-state index >= 15 is 0 Å². The molecule has 0 saturated carbocycles. The van der Waals surface area contributed by atoms with E-state index in [0.717, 1.165) is 18.5 Å². The summed E-state index contributed by atoms with van der Waals surface area (Å²) in [6, 6.07) is 4.86. The van der Waals surface area contributed by atoms with Crippen molar-refractivity contribution in [3.8, 4) is 0 Å². The number of fused-ring (bicyclic) bond motifs is 1. The zero-order valence-corrected chi connectivity index (χ0v) is 9.06. The van der Waals surface area contributed by atoms with Crippen molar-refractivity contribution in [2.24, 2.45) is 0 Å². The first-order valence-electron chi connectivity index (χ1n) is 5.47. The molecule has 1 aliphatic rings. The molecule has 1 aliphatic heterocycles. The lowest BCUT2D eigenvalue weighted by Crippen LogP contribution is -2.37. The van der Waals surface area contributed by atoms with Crippen molar-refractivity contribution in [2.75, 3.05) is 19.7 Å². The van der Waals surface area contributed by atoms with E-state index in [-0.39, 0.29) is 12.4 Å². The summed E-state index contributed by atoms with van der Waals surface area (Å²) in [5.74, 6) is -0.219. The normalized spacial score (nSPS) is 18.2. The Bertz CT molecular complexity index is 370. The summed E-state index contributed by atoms with van der Waals surface area (Å²) in [6.07, 6.45) is 0.156. The molecule has 1 atom stereocenters. The number of hydrogen-bond acceptors (Lipinski definition) is 3. The van der Waals surface area contributed by atoms with Gasteiger partial charge < -0.3 is 10.2 Å². The minimum Gasteiger partial charge on any atom is -0.394 e. The van der Waals surface area contributed by atoms with Crippen LogP contribution in [0.3, 0.4) is 0 Å². The van der Waals surface area contributed by atoms with E-state index in [1.807, 2.05) is 11.0 Å². The van der Waals surface area contributed by atoms with Gasteiger partial charge in [-0.2, -0.15) is 0 Å². The average Bonchev–Trinajstić information content (AvgIpc) is 2.28. The Hall–Kier alpha value is -0.970. The van der Waals surface area contributed by atoms with Gasteiger partial charge in [-0.1, -0.05) is 6.07 Å². The molecule has 2 rings (SSSR count). The summed E-state index contributed by atoms with van der Waals surface area (Å²) < 4.78 is 13.0. The van der Waals surface area contributed by atoms with Crippen molar-refractivity contribution >= 4 is 0 Å². The molecule has 3 nitrogen and oxygen atoms in total. The highest BCUT2D eigenvalue weighted by Crippen LogP contribution is 2.19. The standard InChI is InChI=1S/C12H16FNO2/c13-11-2-1-9-3-4-14(6-10(9)5-11)7-12(16)8-15/h1-2,5,12,15-16H,3-4,6-8H2. The summed E-state index contributed by atoms with van der Waals surface area (Å²) in [7, 11) is 0. The zero-order valence-electron chi connectivity index (χ0n) is 9.06. The maximum Gasteiger partial charge on any atom is 0.123 e. The number of aliphatic hydroxyl groups excluding tert-OH is 2. The van der Waals surface area contributed by atoms with Crippen LogP contribution < -0.4 is 0 Å². The van der Waals surface area contributed by atoms with Gasteiger partial charge in [0.1, 0.15) is 5.82 Å². The summed E-state index contributed by atoms with van der Waals surface area (Å²) >= 11 is 0. The first-order chi connectivity index (χ1) is 7.69. The van der Waals surface area contributed by atoms with Crippen LogP contribution in [-0.4, -0.2) is 40.9 Å². The molecule has 1 heterocycles. The number of benzene rings is 1. The van der Waals surface area contributed by atoms with Crippen molar-refractivity contribution in [3.05, 3.63) is 35.1 Å². The minimum absolute atomic E-state index is 0.219. The predicted molar refractivity (Wildman–Crippen MR) is 58.5 cm³/mol. The van der Waals surface area contributed by atoms with Gasteiger partial charge in [-0.3, -0.25) is 4.90 Å². The van der Waals surface area contributed by atoms with E-state index in [1.54, 1.807) is 6.07 Å². The number of hydrogen-bond donors (Lipinski definition) is 2. The number of halogens is 1. The number of β-amino-alcohol motifs (C(OH)–C–C–N with tert-alkyl or cyclic N) is 1. The Morgan fingerprint density at radius 2 is 2.19 bits per heavy atom. The lowest BCUT2D eigenvalue weighted by atomic mass is 9.99. The van der Waals surface area contributed by atoms with E-state index in [1.165, 1.54) is 11.6 Å². The lowest BCUT2D eigenvalue weighted by Gasteiger charge is -2.29. The fraction of sp³-hybridized carbons (Fsp3) is 0.500. The molecular weight excluding hydrogens is 209 g/mol.